The van der Waals surface area contributed by atoms with Crippen LogP contribution in [0, 0.1) is 46.3 Å². The van der Waals surface area contributed by atoms with E-state index in [4.69, 9.17) is 28.4 Å². The molecule has 0 radical (unpaired) electrons. The lowest BCUT2D eigenvalue weighted by atomic mass is 9.47. The molecule has 0 bridgehead atoms. The first-order valence-electron chi connectivity index (χ1n) is 22.5. The Kier molecular flexibility index (Phi) is 14.4. The van der Waals surface area contributed by atoms with Crippen LogP contribution < -0.4 is 5.32 Å². The van der Waals surface area contributed by atoms with E-state index in [-0.39, 0.29) is 18.1 Å². The molecule has 12 heteroatoms. The minimum atomic E-state index is -1.28. The molecule has 1 heterocycles. The zero-order valence-corrected chi connectivity index (χ0v) is 37.3. The molecule has 0 spiro atoms. The van der Waals surface area contributed by atoms with E-state index in [2.05, 4.69) is 46.0 Å². The second-order valence-corrected chi connectivity index (χ2v) is 19.4. The summed E-state index contributed by atoms with van der Waals surface area (Å²) in [6.07, 6.45) is 9.05. The summed E-state index contributed by atoms with van der Waals surface area (Å²) < 4.78 is 34.2. The van der Waals surface area contributed by atoms with Gasteiger partial charge in [0.05, 0.1) is 0 Å². The van der Waals surface area contributed by atoms with Crippen molar-refractivity contribution in [2.45, 2.75) is 170 Å². The van der Waals surface area contributed by atoms with Gasteiger partial charge in [-0.1, -0.05) is 77.7 Å². The highest BCUT2D eigenvalue weighted by Crippen LogP contribution is 2.67. The first-order chi connectivity index (χ1) is 28.4. The van der Waals surface area contributed by atoms with Gasteiger partial charge in [-0.05, 0) is 109 Å². The standard InChI is InChI=1S/C48H69NO11/c1-27(2)11-10-12-28(3)38-19-20-39-37-18-15-34-25-36(21-23-47(34,8)40(37)22-24-48(38,39)9)59-46(54)49-35-16-13-33(14-17-35)42-44(57-31(6)52)45(58-32(7)53)43(56-30(5)51)41(60-42)26-55-29(4)50/h13-17,27-28,36-45H,10-12,18-26H2,1-9H3,(H,49,54)/t28-,36+,37+,38-,39+,40+,41-,42+,43-,44+,45+,47+,48-/m1/s1. The molecule has 6 rings (SSSR count). The summed E-state index contributed by atoms with van der Waals surface area (Å²) in [6, 6.07) is 6.70. The van der Waals surface area contributed by atoms with Crippen molar-refractivity contribution in [2.24, 2.45) is 46.3 Å². The van der Waals surface area contributed by atoms with Crippen molar-refractivity contribution < 1.29 is 52.4 Å². The van der Waals surface area contributed by atoms with Crippen molar-refractivity contribution in [3.05, 3.63) is 41.5 Å². The minimum Gasteiger partial charge on any atom is -0.463 e. The van der Waals surface area contributed by atoms with E-state index >= 15 is 0 Å². The Bertz CT molecular complexity index is 1760. The van der Waals surface area contributed by atoms with Gasteiger partial charge >= 0.3 is 30.0 Å². The maximum Gasteiger partial charge on any atom is 0.411 e. The highest BCUT2D eigenvalue weighted by Gasteiger charge is 2.59. The van der Waals surface area contributed by atoms with E-state index in [9.17, 15) is 24.0 Å². The number of fused-ring (bicyclic) bond motifs is 5. The quantitative estimate of drug-likeness (QED) is 0.115. The fraction of sp³-hybridized carbons (Fsp3) is 0.729. The second kappa shape index (κ2) is 19.0. The van der Waals surface area contributed by atoms with Crippen LogP contribution in [-0.2, 0) is 47.6 Å². The van der Waals surface area contributed by atoms with E-state index in [1.54, 1.807) is 24.3 Å². The lowest BCUT2D eigenvalue weighted by Crippen LogP contribution is -2.59. The predicted octanol–water partition coefficient (Wildman–Crippen LogP) is 9.44. The van der Waals surface area contributed by atoms with Gasteiger partial charge in [-0.3, -0.25) is 24.5 Å². The number of rotatable bonds is 13. The van der Waals surface area contributed by atoms with Crippen molar-refractivity contribution in [3.63, 3.8) is 0 Å². The molecule has 1 aliphatic heterocycles. The van der Waals surface area contributed by atoms with Crippen molar-refractivity contribution in [1.29, 1.82) is 0 Å². The van der Waals surface area contributed by atoms with Crippen LogP contribution in [0.3, 0.4) is 0 Å². The van der Waals surface area contributed by atoms with Gasteiger partial charge in [-0.15, -0.1) is 0 Å². The van der Waals surface area contributed by atoms with E-state index in [1.807, 2.05) is 0 Å². The zero-order valence-electron chi connectivity index (χ0n) is 37.3. The molecule has 4 fully saturated rings. The van der Waals surface area contributed by atoms with Crippen LogP contribution >= 0.6 is 0 Å². The number of amides is 1. The zero-order chi connectivity index (χ0) is 43.5. The average Bonchev–Trinajstić information content (AvgIpc) is 3.53. The molecule has 13 atom stereocenters. The molecule has 4 aliphatic carbocycles. The third kappa shape index (κ3) is 10.1. The third-order valence-corrected chi connectivity index (χ3v) is 15.0. The van der Waals surface area contributed by atoms with Crippen LogP contribution in [0.5, 0.6) is 0 Å². The predicted molar refractivity (Wildman–Crippen MR) is 224 cm³/mol. The van der Waals surface area contributed by atoms with Crippen LogP contribution in [-0.4, -0.2) is 67.1 Å². The van der Waals surface area contributed by atoms with Gasteiger partial charge in [0.2, 0.25) is 0 Å². The molecule has 1 aromatic carbocycles. The molecule has 332 valence electrons. The Hall–Kier alpha value is -3.93. The van der Waals surface area contributed by atoms with Crippen LogP contribution in [0.1, 0.15) is 145 Å². The summed E-state index contributed by atoms with van der Waals surface area (Å²) in [5.41, 5.74) is 3.03. The Morgan fingerprint density at radius 1 is 0.767 bits per heavy atom. The molecule has 0 unspecified atom stereocenters. The van der Waals surface area contributed by atoms with Crippen LogP contribution in [0.15, 0.2) is 35.9 Å². The largest absolute Gasteiger partial charge is 0.463 e. The van der Waals surface area contributed by atoms with E-state index < -0.39 is 60.5 Å². The van der Waals surface area contributed by atoms with Gasteiger partial charge < -0.3 is 28.4 Å². The number of nitrogens with one attached hydrogen (secondary N) is 1. The summed E-state index contributed by atoms with van der Waals surface area (Å²) in [6.45, 7) is 16.8. The van der Waals surface area contributed by atoms with Crippen molar-refractivity contribution in [3.8, 4) is 0 Å². The number of anilines is 1. The van der Waals surface area contributed by atoms with Crippen LogP contribution in [0.25, 0.3) is 0 Å². The van der Waals surface area contributed by atoms with E-state index in [1.165, 1.54) is 78.2 Å². The minimum absolute atomic E-state index is 0.145. The molecule has 1 amide bonds. The maximum absolute atomic E-state index is 13.3. The highest BCUT2D eigenvalue weighted by atomic mass is 16.7. The lowest BCUT2D eigenvalue weighted by Gasteiger charge is -2.58. The fourth-order valence-electron chi connectivity index (χ4n) is 12.3. The second-order valence-electron chi connectivity index (χ2n) is 19.4. The Balaban J connectivity index is 1.09. The molecular weight excluding hydrogens is 767 g/mol. The molecule has 60 heavy (non-hydrogen) atoms. The smallest absolute Gasteiger partial charge is 0.411 e. The molecular formula is C48H69NO11. The fourth-order valence-corrected chi connectivity index (χ4v) is 12.3. The van der Waals surface area contributed by atoms with Crippen molar-refractivity contribution in [1.82, 2.24) is 0 Å². The summed E-state index contributed by atoms with van der Waals surface area (Å²) in [7, 11) is 0. The van der Waals surface area contributed by atoms with Crippen molar-refractivity contribution >= 4 is 35.7 Å². The van der Waals surface area contributed by atoms with Gasteiger partial charge in [0, 0.05) is 39.8 Å². The molecule has 0 aromatic heterocycles. The van der Waals surface area contributed by atoms with Gasteiger partial charge in [0.25, 0.3) is 0 Å². The van der Waals surface area contributed by atoms with Gasteiger partial charge in [0.1, 0.15) is 24.9 Å². The van der Waals surface area contributed by atoms with E-state index in [0.717, 1.165) is 55.3 Å². The number of allylic oxidation sites excluding steroid dienone is 1. The lowest BCUT2D eigenvalue weighted by molar-refractivity contribution is -0.254. The summed E-state index contributed by atoms with van der Waals surface area (Å²) in [5, 5.41) is 2.86. The summed E-state index contributed by atoms with van der Waals surface area (Å²) >= 11 is 0. The first kappa shape index (κ1) is 45.6. The number of carbonyl (C=O) groups is 5. The van der Waals surface area contributed by atoms with Crippen LogP contribution in [0.2, 0.25) is 0 Å². The van der Waals surface area contributed by atoms with Crippen LogP contribution in [0.4, 0.5) is 10.5 Å². The number of hydrogen-bond donors (Lipinski definition) is 1. The average molecular weight is 836 g/mol. The molecule has 3 saturated carbocycles. The normalized spacial score (nSPS) is 35.1. The molecule has 5 aliphatic rings. The molecule has 1 N–H and O–H groups in total. The van der Waals surface area contributed by atoms with Gasteiger partial charge in [-0.2, -0.15) is 0 Å². The number of hydrogen-bond acceptors (Lipinski definition) is 11. The molecule has 1 aromatic rings. The van der Waals surface area contributed by atoms with Gasteiger partial charge in [-0.25, -0.2) is 4.79 Å². The molecule has 12 nitrogen and oxygen atoms in total. The van der Waals surface area contributed by atoms with Crippen molar-refractivity contribution in [2.75, 3.05) is 11.9 Å². The monoisotopic (exact) mass is 835 g/mol. The van der Waals surface area contributed by atoms with Gasteiger partial charge in [0.15, 0.2) is 18.3 Å². The van der Waals surface area contributed by atoms with E-state index in [0.29, 0.717) is 22.6 Å². The highest BCUT2D eigenvalue weighted by molar-refractivity contribution is 5.84. The first-order valence-corrected chi connectivity index (χ1v) is 22.5. The SMILES string of the molecule is CC(=O)OC[C@H]1O[C@@H](c2ccc(NC(=O)O[C@H]3CC[C@@]4(C)C(=CC[C@H]5[C@@H]6CC[C@H]([C@H](C)CCCC(C)C)[C@@]6(C)CC[C@@H]54)C3)cc2)[C@H](OC(C)=O)[C@@H](OC(C)=O)[C@@H]1OC(C)=O. The topological polar surface area (TPSA) is 153 Å². The Labute approximate surface area is 356 Å². The molecule has 1 saturated heterocycles. The maximum atomic E-state index is 13.3. The Morgan fingerprint density at radius 3 is 2.08 bits per heavy atom. The number of ether oxygens (including phenoxy) is 6. The number of esters is 4. The summed E-state index contributed by atoms with van der Waals surface area (Å²) in [5.74, 6) is 1.93. The summed E-state index contributed by atoms with van der Waals surface area (Å²) in [4.78, 5) is 61.7. The Morgan fingerprint density at radius 2 is 1.43 bits per heavy atom. The number of carbonyl (C=O) groups excluding carboxylic acids is 5. The third-order valence-electron chi connectivity index (χ3n) is 15.0. The number of benzene rings is 1.